The van der Waals surface area contributed by atoms with Crippen LogP contribution >= 0.6 is 0 Å². The number of benzene rings is 2. The van der Waals surface area contributed by atoms with Gasteiger partial charge in [0.25, 0.3) is 5.56 Å². The summed E-state index contributed by atoms with van der Waals surface area (Å²) in [5.74, 6) is 0.928. The Bertz CT molecular complexity index is 1240. The van der Waals surface area contributed by atoms with Crippen molar-refractivity contribution in [3.05, 3.63) is 70.2 Å². The molecule has 2 aromatic carbocycles. The fourth-order valence-electron chi connectivity index (χ4n) is 4.49. The number of likely N-dealkylation sites (tertiary alicyclic amines) is 1. The van der Waals surface area contributed by atoms with Crippen LogP contribution < -0.4 is 5.56 Å². The topological polar surface area (TPSA) is 77.7 Å². The molecule has 7 heteroatoms. The van der Waals surface area contributed by atoms with Gasteiger partial charge in [-0.05, 0) is 63.2 Å². The fraction of sp³-hybridized carbons (Fsp3) is 0.348. The third-order valence-corrected chi connectivity index (χ3v) is 6.09. The zero-order valence-electron chi connectivity index (χ0n) is 16.7. The number of nitrogens with one attached hydrogen (secondary N) is 2. The normalized spacial score (nSPS) is 15.9. The summed E-state index contributed by atoms with van der Waals surface area (Å²) in [5.41, 5.74) is 2.51. The number of piperidine rings is 1. The molecule has 5 rings (SSSR count). The van der Waals surface area contributed by atoms with Crippen molar-refractivity contribution in [2.45, 2.75) is 31.6 Å². The van der Waals surface area contributed by atoms with Crippen LogP contribution in [0, 0.1) is 5.82 Å². The Kier molecular flexibility index (Phi) is 5.04. The summed E-state index contributed by atoms with van der Waals surface area (Å²) in [5, 5.41) is 9.07. The average Bonchev–Trinajstić information content (AvgIpc) is 3.17. The molecule has 0 unspecified atom stereocenters. The number of aromatic nitrogens is 4. The lowest BCUT2D eigenvalue weighted by Crippen LogP contribution is -2.34. The fourth-order valence-corrected chi connectivity index (χ4v) is 4.49. The van der Waals surface area contributed by atoms with Gasteiger partial charge in [-0.25, -0.2) is 9.37 Å². The molecule has 6 nitrogen and oxygen atoms in total. The van der Waals surface area contributed by atoms with Crippen LogP contribution in [-0.4, -0.2) is 44.7 Å². The third kappa shape index (κ3) is 3.73. The van der Waals surface area contributed by atoms with E-state index in [-0.39, 0.29) is 11.4 Å². The van der Waals surface area contributed by atoms with Crippen molar-refractivity contribution < 1.29 is 4.39 Å². The first-order valence-electron chi connectivity index (χ1n) is 10.5. The van der Waals surface area contributed by atoms with Gasteiger partial charge < -0.3 is 9.88 Å². The largest absolute Gasteiger partial charge is 0.310 e. The predicted molar refractivity (Wildman–Crippen MR) is 115 cm³/mol. The van der Waals surface area contributed by atoms with Gasteiger partial charge in [0.2, 0.25) is 0 Å². The van der Waals surface area contributed by atoms with E-state index in [1.165, 1.54) is 12.1 Å². The first kappa shape index (κ1) is 18.9. The Balaban J connectivity index is 1.16. The summed E-state index contributed by atoms with van der Waals surface area (Å²) >= 11 is 0. The van der Waals surface area contributed by atoms with Crippen molar-refractivity contribution in [3.8, 4) is 0 Å². The molecule has 1 aliphatic heterocycles. The Morgan fingerprint density at radius 1 is 1.07 bits per heavy atom. The molecular formula is C23H24FN5O. The molecule has 4 aromatic rings. The lowest BCUT2D eigenvalue weighted by molar-refractivity contribution is 0.209. The molecule has 0 radical (unpaired) electrons. The van der Waals surface area contributed by atoms with Crippen LogP contribution in [0.1, 0.15) is 36.7 Å². The van der Waals surface area contributed by atoms with Crippen LogP contribution in [0.2, 0.25) is 0 Å². The number of hydrogen-bond donors (Lipinski definition) is 2. The number of rotatable bonds is 5. The molecule has 0 aliphatic carbocycles. The molecule has 0 bridgehead atoms. The molecule has 154 valence electrons. The molecule has 30 heavy (non-hydrogen) atoms. The minimum Gasteiger partial charge on any atom is -0.310 e. The van der Waals surface area contributed by atoms with E-state index in [4.69, 9.17) is 0 Å². The molecule has 1 saturated heterocycles. The molecule has 2 N–H and O–H groups in total. The summed E-state index contributed by atoms with van der Waals surface area (Å²) in [6, 6.07) is 12.3. The molecule has 0 amide bonds. The summed E-state index contributed by atoms with van der Waals surface area (Å²) < 4.78 is 13.4. The smallest absolute Gasteiger partial charge is 0.258 e. The van der Waals surface area contributed by atoms with Gasteiger partial charge in [0.1, 0.15) is 11.6 Å². The Hall–Kier alpha value is -3.06. The first-order valence-corrected chi connectivity index (χ1v) is 10.5. The lowest BCUT2D eigenvalue weighted by atomic mass is 9.91. The van der Waals surface area contributed by atoms with Crippen LogP contribution in [0.5, 0.6) is 0 Å². The van der Waals surface area contributed by atoms with Gasteiger partial charge in [0, 0.05) is 29.5 Å². The second-order valence-corrected chi connectivity index (χ2v) is 8.05. The van der Waals surface area contributed by atoms with E-state index < -0.39 is 0 Å². The van der Waals surface area contributed by atoms with E-state index in [1.807, 2.05) is 24.3 Å². The monoisotopic (exact) mass is 405 g/mol. The van der Waals surface area contributed by atoms with E-state index in [2.05, 4.69) is 25.1 Å². The number of para-hydroxylation sites is 1. The zero-order chi connectivity index (χ0) is 20.5. The summed E-state index contributed by atoms with van der Waals surface area (Å²) in [6.07, 6.45) is 3.83. The van der Waals surface area contributed by atoms with Crippen molar-refractivity contribution in [3.63, 3.8) is 0 Å². The van der Waals surface area contributed by atoms with Gasteiger partial charge in [-0.1, -0.05) is 12.1 Å². The number of fused-ring (bicyclic) bond motifs is 2. The quantitative estimate of drug-likeness (QED) is 0.530. The standard InChI is InChI=1S/C23H24FN5O/c24-16-7-8-17-20(14-16)27-28-22(17)15-9-12-29(13-10-15)11-3-6-21-25-19-5-2-1-4-18(19)23(30)26-21/h1-2,4-5,7-8,14-15H,3,6,9-13H2,(H,27,28)(H,25,26,30). The molecule has 0 saturated carbocycles. The first-order chi connectivity index (χ1) is 14.7. The molecule has 2 aromatic heterocycles. The van der Waals surface area contributed by atoms with Crippen LogP contribution in [0.3, 0.4) is 0 Å². The summed E-state index contributed by atoms with van der Waals surface area (Å²) in [4.78, 5) is 22.2. The number of hydrogen-bond acceptors (Lipinski definition) is 4. The van der Waals surface area contributed by atoms with E-state index >= 15 is 0 Å². The highest BCUT2D eigenvalue weighted by molar-refractivity contribution is 5.81. The second kappa shape index (κ2) is 7.99. The molecule has 1 fully saturated rings. The van der Waals surface area contributed by atoms with E-state index in [9.17, 15) is 9.18 Å². The van der Waals surface area contributed by atoms with Crippen molar-refractivity contribution >= 4 is 21.8 Å². The van der Waals surface area contributed by atoms with Crippen molar-refractivity contribution in [1.82, 2.24) is 25.1 Å². The van der Waals surface area contributed by atoms with Crippen LogP contribution in [0.4, 0.5) is 4.39 Å². The third-order valence-electron chi connectivity index (χ3n) is 6.09. The maximum absolute atomic E-state index is 13.4. The Morgan fingerprint density at radius 2 is 1.90 bits per heavy atom. The maximum Gasteiger partial charge on any atom is 0.258 e. The van der Waals surface area contributed by atoms with Crippen LogP contribution in [-0.2, 0) is 6.42 Å². The summed E-state index contributed by atoms with van der Waals surface area (Å²) in [7, 11) is 0. The lowest BCUT2D eigenvalue weighted by Gasteiger charge is -2.31. The minimum atomic E-state index is -0.252. The Labute approximate surface area is 173 Å². The number of aromatic amines is 2. The number of halogens is 1. The highest BCUT2D eigenvalue weighted by atomic mass is 19.1. The highest BCUT2D eigenvalue weighted by Gasteiger charge is 2.23. The van der Waals surface area contributed by atoms with Gasteiger partial charge in [-0.15, -0.1) is 0 Å². The van der Waals surface area contributed by atoms with E-state index in [0.717, 1.165) is 67.7 Å². The number of H-pyrrole nitrogens is 2. The summed E-state index contributed by atoms with van der Waals surface area (Å²) in [6.45, 7) is 3.03. The van der Waals surface area contributed by atoms with E-state index in [0.29, 0.717) is 16.8 Å². The van der Waals surface area contributed by atoms with Crippen molar-refractivity contribution in [2.75, 3.05) is 19.6 Å². The maximum atomic E-state index is 13.4. The number of nitrogens with zero attached hydrogens (tertiary/aromatic N) is 3. The van der Waals surface area contributed by atoms with Crippen LogP contribution in [0.15, 0.2) is 47.3 Å². The Morgan fingerprint density at radius 3 is 2.77 bits per heavy atom. The molecule has 0 atom stereocenters. The van der Waals surface area contributed by atoms with Gasteiger partial charge in [-0.3, -0.25) is 9.89 Å². The SMILES string of the molecule is O=c1[nH]c(CCCN2CCC(c3[nH]nc4cc(F)ccc34)CC2)nc2ccccc12. The van der Waals surface area contributed by atoms with Gasteiger partial charge in [0.05, 0.1) is 16.4 Å². The molecular weight excluding hydrogens is 381 g/mol. The van der Waals surface area contributed by atoms with Gasteiger partial charge in [0.15, 0.2) is 0 Å². The van der Waals surface area contributed by atoms with Crippen LogP contribution in [0.25, 0.3) is 21.8 Å². The molecule has 3 heterocycles. The van der Waals surface area contributed by atoms with Crippen molar-refractivity contribution in [1.29, 1.82) is 0 Å². The minimum absolute atomic E-state index is 0.0666. The zero-order valence-corrected chi connectivity index (χ0v) is 16.7. The number of aryl methyl sites for hydroxylation is 1. The average molecular weight is 405 g/mol. The van der Waals surface area contributed by atoms with Gasteiger partial charge in [-0.2, -0.15) is 5.10 Å². The van der Waals surface area contributed by atoms with Crippen molar-refractivity contribution in [2.24, 2.45) is 0 Å². The van der Waals surface area contributed by atoms with E-state index in [1.54, 1.807) is 6.07 Å². The highest BCUT2D eigenvalue weighted by Crippen LogP contribution is 2.31. The van der Waals surface area contributed by atoms with Gasteiger partial charge >= 0.3 is 0 Å². The predicted octanol–water partition coefficient (Wildman–Crippen LogP) is 3.75. The molecule has 0 spiro atoms. The second-order valence-electron chi connectivity index (χ2n) is 8.05. The molecule has 1 aliphatic rings.